The van der Waals surface area contributed by atoms with Crippen LogP contribution in [-0.2, 0) is 0 Å². The maximum Gasteiger partial charge on any atom is 0.0930 e. The van der Waals surface area contributed by atoms with Crippen LogP contribution in [-0.4, -0.2) is 21.9 Å². The van der Waals surface area contributed by atoms with Crippen molar-refractivity contribution in [2.75, 3.05) is 0 Å². The van der Waals surface area contributed by atoms with Gasteiger partial charge in [0.15, 0.2) is 0 Å². The van der Waals surface area contributed by atoms with Gasteiger partial charge in [-0.3, -0.25) is 0 Å². The molecule has 1 rings (SSSR count). The molecule has 0 heterocycles. The van der Waals surface area contributed by atoms with Crippen molar-refractivity contribution < 1.29 is 10.2 Å². The van der Waals surface area contributed by atoms with Gasteiger partial charge >= 0.3 is 0 Å². The first-order valence-corrected chi connectivity index (χ1v) is 4.85. The molecule has 0 aliphatic heterocycles. The van der Waals surface area contributed by atoms with Crippen LogP contribution in [0.4, 0.5) is 0 Å². The summed E-state index contributed by atoms with van der Waals surface area (Å²) >= 11 is 0. The number of rotatable bonds is 2. The zero-order valence-corrected chi connectivity index (χ0v) is 8.75. The maximum absolute atomic E-state index is 10.1. The molecule has 1 fully saturated rings. The quantitative estimate of drug-likeness (QED) is 0.641. The van der Waals surface area contributed by atoms with Gasteiger partial charge in [-0.15, -0.1) is 6.58 Å². The van der Waals surface area contributed by atoms with Crippen LogP contribution in [0.5, 0.6) is 0 Å². The van der Waals surface area contributed by atoms with Crippen LogP contribution >= 0.6 is 0 Å². The lowest BCUT2D eigenvalue weighted by Crippen LogP contribution is -2.46. The van der Waals surface area contributed by atoms with Gasteiger partial charge in [-0.1, -0.05) is 19.9 Å². The summed E-state index contributed by atoms with van der Waals surface area (Å²) in [5.74, 6) is 0.329. The van der Waals surface area contributed by atoms with E-state index in [0.717, 1.165) is 6.42 Å². The minimum Gasteiger partial charge on any atom is -0.390 e. The Morgan fingerprint density at radius 1 is 1.46 bits per heavy atom. The molecule has 0 bridgehead atoms. The van der Waals surface area contributed by atoms with Crippen molar-refractivity contribution in [3.05, 3.63) is 12.7 Å². The van der Waals surface area contributed by atoms with Gasteiger partial charge in [-0.2, -0.15) is 0 Å². The highest BCUT2D eigenvalue weighted by Crippen LogP contribution is 2.51. The molecule has 1 aliphatic rings. The van der Waals surface area contributed by atoms with Gasteiger partial charge in [-0.25, -0.2) is 0 Å². The van der Waals surface area contributed by atoms with Crippen molar-refractivity contribution in [2.24, 2.45) is 11.3 Å². The number of aliphatic hydroxyl groups excluding tert-OH is 1. The summed E-state index contributed by atoms with van der Waals surface area (Å²) < 4.78 is 0. The summed E-state index contributed by atoms with van der Waals surface area (Å²) in [4.78, 5) is 0. The Balaban J connectivity index is 2.89. The second kappa shape index (κ2) is 3.10. The molecule has 0 aromatic heterocycles. The fraction of sp³-hybridized carbons (Fsp3) is 0.818. The molecule has 1 saturated carbocycles. The first-order chi connectivity index (χ1) is 5.84. The highest BCUT2D eigenvalue weighted by Gasteiger charge is 2.55. The summed E-state index contributed by atoms with van der Waals surface area (Å²) in [6.07, 6.45) is 2.79. The minimum absolute atomic E-state index is 0.236. The summed E-state index contributed by atoms with van der Waals surface area (Å²) in [6.45, 7) is 9.44. The second-order valence-electron chi connectivity index (χ2n) is 4.84. The molecule has 0 aromatic rings. The molecule has 13 heavy (non-hydrogen) atoms. The van der Waals surface area contributed by atoms with E-state index in [4.69, 9.17) is 0 Å². The lowest BCUT2D eigenvalue weighted by Gasteiger charge is -2.38. The zero-order chi connectivity index (χ0) is 10.3. The van der Waals surface area contributed by atoms with E-state index >= 15 is 0 Å². The maximum atomic E-state index is 10.1. The molecule has 0 radical (unpaired) electrons. The second-order valence-corrected chi connectivity index (χ2v) is 4.84. The topological polar surface area (TPSA) is 40.5 Å². The van der Waals surface area contributed by atoms with Crippen LogP contribution in [0.1, 0.15) is 33.6 Å². The van der Waals surface area contributed by atoms with Gasteiger partial charge in [-0.05, 0) is 31.1 Å². The minimum atomic E-state index is -0.972. The van der Waals surface area contributed by atoms with Crippen LogP contribution < -0.4 is 0 Å². The predicted molar refractivity (Wildman–Crippen MR) is 53.3 cm³/mol. The van der Waals surface area contributed by atoms with E-state index in [1.165, 1.54) is 0 Å². The monoisotopic (exact) mass is 184 g/mol. The molecule has 0 amide bonds. The highest BCUT2D eigenvalue weighted by molar-refractivity contribution is 5.07. The van der Waals surface area contributed by atoms with Gasteiger partial charge in [0.25, 0.3) is 0 Å². The van der Waals surface area contributed by atoms with Crippen molar-refractivity contribution in [2.45, 2.75) is 45.3 Å². The molecule has 0 aromatic carbocycles. The normalized spacial score (nSPS) is 43.5. The lowest BCUT2D eigenvalue weighted by molar-refractivity contribution is -0.102. The molecular weight excluding hydrogens is 164 g/mol. The lowest BCUT2D eigenvalue weighted by atomic mass is 9.72. The third-order valence-electron chi connectivity index (χ3n) is 3.93. The van der Waals surface area contributed by atoms with E-state index in [2.05, 4.69) is 6.58 Å². The van der Waals surface area contributed by atoms with E-state index in [9.17, 15) is 10.2 Å². The largest absolute Gasteiger partial charge is 0.390 e. The Hall–Kier alpha value is -0.340. The van der Waals surface area contributed by atoms with Crippen LogP contribution in [0.3, 0.4) is 0 Å². The molecule has 0 spiro atoms. The first kappa shape index (κ1) is 10.7. The van der Waals surface area contributed by atoms with E-state index in [1.54, 1.807) is 6.92 Å². The highest BCUT2D eigenvalue weighted by atomic mass is 16.3. The van der Waals surface area contributed by atoms with E-state index < -0.39 is 11.7 Å². The SMILES string of the molecule is C=CC[C@H]1CC(O)C(C)(O)C1(C)C. The molecule has 2 nitrogen and oxygen atoms in total. The average molecular weight is 184 g/mol. The Morgan fingerprint density at radius 2 is 2.00 bits per heavy atom. The van der Waals surface area contributed by atoms with Crippen molar-refractivity contribution in [3.8, 4) is 0 Å². The molecule has 2 heteroatoms. The Morgan fingerprint density at radius 3 is 2.31 bits per heavy atom. The third-order valence-corrected chi connectivity index (χ3v) is 3.93. The third kappa shape index (κ3) is 1.42. The van der Waals surface area contributed by atoms with Gasteiger partial charge in [0, 0.05) is 0 Å². The van der Waals surface area contributed by atoms with E-state index in [1.807, 2.05) is 19.9 Å². The summed E-state index contributed by atoms with van der Waals surface area (Å²) in [5.41, 5.74) is -1.21. The zero-order valence-electron chi connectivity index (χ0n) is 8.75. The molecular formula is C11H20O2. The van der Waals surface area contributed by atoms with Crippen LogP contribution in [0.25, 0.3) is 0 Å². The van der Waals surface area contributed by atoms with E-state index in [0.29, 0.717) is 12.3 Å². The number of hydrogen-bond acceptors (Lipinski definition) is 2. The van der Waals surface area contributed by atoms with Crippen LogP contribution in [0.2, 0.25) is 0 Å². The van der Waals surface area contributed by atoms with Gasteiger partial charge in [0.2, 0.25) is 0 Å². The fourth-order valence-electron chi connectivity index (χ4n) is 2.23. The smallest absolute Gasteiger partial charge is 0.0930 e. The standard InChI is InChI=1S/C11H20O2/c1-5-6-8-7-9(12)11(4,13)10(8,2)3/h5,8-9,12-13H,1,6-7H2,2-4H3/t8-,9?,11?/m0/s1. The molecule has 3 atom stereocenters. The summed E-state index contributed by atoms with van der Waals surface area (Å²) in [7, 11) is 0. The van der Waals surface area contributed by atoms with Gasteiger partial charge < -0.3 is 10.2 Å². The molecule has 76 valence electrons. The number of allylic oxidation sites excluding steroid dienone is 1. The van der Waals surface area contributed by atoms with Crippen molar-refractivity contribution in [1.82, 2.24) is 0 Å². The molecule has 0 saturated heterocycles. The molecule has 1 aliphatic carbocycles. The number of aliphatic hydroxyl groups is 2. The van der Waals surface area contributed by atoms with Crippen LogP contribution in [0.15, 0.2) is 12.7 Å². The average Bonchev–Trinajstić information content (AvgIpc) is 2.14. The van der Waals surface area contributed by atoms with Gasteiger partial charge in [0.1, 0.15) is 0 Å². The van der Waals surface area contributed by atoms with Crippen LogP contribution in [0, 0.1) is 11.3 Å². The summed E-state index contributed by atoms with van der Waals surface area (Å²) in [6, 6.07) is 0. The van der Waals surface area contributed by atoms with Crippen molar-refractivity contribution in [3.63, 3.8) is 0 Å². The van der Waals surface area contributed by atoms with E-state index in [-0.39, 0.29) is 5.41 Å². The Kier molecular flexibility index (Phi) is 2.56. The van der Waals surface area contributed by atoms with Crippen molar-refractivity contribution in [1.29, 1.82) is 0 Å². The molecule has 2 N–H and O–H groups in total. The Labute approximate surface area is 80.3 Å². The van der Waals surface area contributed by atoms with Gasteiger partial charge in [0.05, 0.1) is 11.7 Å². The number of hydrogen-bond donors (Lipinski definition) is 2. The fourth-order valence-corrected chi connectivity index (χ4v) is 2.23. The van der Waals surface area contributed by atoms with Crippen molar-refractivity contribution >= 4 is 0 Å². The molecule has 2 unspecified atom stereocenters. The Bertz CT molecular complexity index is 206. The summed E-state index contributed by atoms with van der Waals surface area (Å²) in [5, 5.41) is 19.8. The first-order valence-electron chi connectivity index (χ1n) is 4.85. The predicted octanol–water partition coefficient (Wildman–Crippen LogP) is 1.72.